The van der Waals surface area contributed by atoms with Crippen molar-refractivity contribution in [3.05, 3.63) is 0 Å². The van der Waals surface area contributed by atoms with Gasteiger partial charge in [0.2, 0.25) is 0 Å². The van der Waals surface area contributed by atoms with Gasteiger partial charge in [-0.25, -0.2) is 0 Å². The first kappa shape index (κ1) is 12.5. The Kier molecular flexibility index (Phi) is 4.14. The Balaban J connectivity index is 2.60. The molecule has 0 radical (unpaired) electrons. The molecule has 0 aromatic rings. The summed E-state index contributed by atoms with van der Waals surface area (Å²) < 4.78 is 0. The standard InChI is InChI=1S/C12H25N3/c1-4-10(11(13)14)15-8-5-6-12(2,3)7-9-15/h10H,4-9H2,1-3H3,(H3,13,14). The zero-order chi connectivity index (χ0) is 11.5. The van der Waals surface area contributed by atoms with Crippen molar-refractivity contribution in [2.24, 2.45) is 11.1 Å². The van der Waals surface area contributed by atoms with Crippen molar-refractivity contribution in [3.63, 3.8) is 0 Å². The molecule has 0 bridgehead atoms. The lowest BCUT2D eigenvalue weighted by molar-refractivity contribution is 0.231. The Hall–Kier alpha value is -0.570. The molecule has 1 heterocycles. The Morgan fingerprint density at radius 3 is 2.60 bits per heavy atom. The highest BCUT2D eigenvalue weighted by atomic mass is 15.2. The first-order valence-electron chi connectivity index (χ1n) is 6.04. The zero-order valence-corrected chi connectivity index (χ0v) is 10.3. The largest absolute Gasteiger partial charge is 0.386 e. The molecule has 1 rings (SSSR count). The highest BCUT2D eigenvalue weighted by Crippen LogP contribution is 2.30. The summed E-state index contributed by atoms with van der Waals surface area (Å²) in [5.41, 5.74) is 6.10. The summed E-state index contributed by atoms with van der Waals surface area (Å²) in [6.07, 6.45) is 4.70. The monoisotopic (exact) mass is 211 g/mol. The Labute approximate surface area is 93.5 Å². The molecule has 0 aromatic carbocycles. The van der Waals surface area contributed by atoms with Gasteiger partial charge in [-0.15, -0.1) is 0 Å². The molecule has 3 heteroatoms. The number of nitrogens with two attached hydrogens (primary N) is 1. The SMILES string of the molecule is CCC(C(=N)N)N1CCCC(C)(C)CC1. The van der Waals surface area contributed by atoms with Crippen LogP contribution in [0, 0.1) is 10.8 Å². The molecule has 1 unspecified atom stereocenters. The van der Waals surface area contributed by atoms with Gasteiger partial charge in [-0.1, -0.05) is 20.8 Å². The van der Waals surface area contributed by atoms with Crippen LogP contribution in [0.25, 0.3) is 0 Å². The first-order valence-corrected chi connectivity index (χ1v) is 6.04. The Morgan fingerprint density at radius 2 is 2.07 bits per heavy atom. The lowest BCUT2D eigenvalue weighted by Gasteiger charge is -2.29. The average Bonchev–Trinajstić information content (AvgIpc) is 2.28. The molecule has 0 amide bonds. The van der Waals surface area contributed by atoms with Gasteiger partial charge < -0.3 is 5.73 Å². The summed E-state index contributed by atoms with van der Waals surface area (Å²) >= 11 is 0. The van der Waals surface area contributed by atoms with Crippen LogP contribution in [0.15, 0.2) is 0 Å². The van der Waals surface area contributed by atoms with Gasteiger partial charge in [-0.2, -0.15) is 0 Å². The zero-order valence-electron chi connectivity index (χ0n) is 10.3. The van der Waals surface area contributed by atoms with E-state index >= 15 is 0 Å². The highest BCUT2D eigenvalue weighted by Gasteiger charge is 2.27. The van der Waals surface area contributed by atoms with Gasteiger partial charge in [0.15, 0.2) is 0 Å². The Bertz CT molecular complexity index is 223. The summed E-state index contributed by atoms with van der Waals surface area (Å²) in [7, 11) is 0. The van der Waals surface area contributed by atoms with Crippen LogP contribution in [0.4, 0.5) is 0 Å². The van der Waals surface area contributed by atoms with Gasteiger partial charge in [-0.05, 0) is 44.2 Å². The summed E-state index contributed by atoms with van der Waals surface area (Å²) in [6, 6.07) is 0.166. The van der Waals surface area contributed by atoms with Crippen LogP contribution in [0.5, 0.6) is 0 Å². The average molecular weight is 211 g/mol. The minimum absolute atomic E-state index is 0.166. The maximum atomic E-state index is 7.59. The topological polar surface area (TPSA) is 53.1 Å². The number of nitrogens with one attached hydrogen (secondary N) is 1. The fraction of sp³-hybridized carbons (Fsp3) is 0.917. The molecule has 1 saturated heterocycles. The Morgan fingerprint density at radius 1 is 1.40 bits per heavy atom. The van der Waals surface area contributed by atoms with E-state index in [1.54, 1.807) is 0 Å². The van der Waals surface area contributed by atoms with Crippen molar-refractivity contribution in [2.45, 2.75) is 52.5 Å². The summed E-state index contributed by atoms with van der Waals surface area (Å²) in [5.74, 6) is 0.331. The molecule has 1 aliphatic rings. The van der Waals surface area contributed by atoms with Crippen LogP contribution in [0.1, 0.15) is 46.5 Å². The van der Waals surface area contributed by atoms with Crippen LogP contribution in [-0.2, 0) is 0 Å². The quantitative estimate of drug-likeness (QED) is 0.555. The predicted molar refractivity (Wildman–Crippen MR) is 65.2 cm³/mol. The third-order valence-electron chi connectivity index (χ3n) is 3.56. The van der Waals surface area contributed by atoms with Crippen molar-refractivity contribution in [2.75, 3.05) is 13.1 Å². The maximum absolute atomic E-state index is 7.59. The molecular formula is C12H25N3. The van der Waals surface area contributed by atoms with E-state index in [1.807, 2.05) is 0 Å². The van der Waals surface area contributed by atoms with E-state index in [0.717, 1.165) is 19.5 Å². The molecular weight excluding hydrogens is 186 g/mol. The van der Waals surface area contributed by atoms with Crippen LogP contribution < -0.4 is 5.73 Å². The predicted octanol–water partition coefficient (Wildman–Crippen LogP) is 2.21. The molecule has 0 spiro atoms. The van der Waals surface area contributed by atoms with E-state index < -0.39 is 0 Å². The molecule has 1 fully saturated rings. The normalized spacial score (nSPS) is 24.5. The van der Waals surface area contributed by atoms with Gasteiger partial charge in [-0.3, -0.25) is 10.3 Å². The van der Waals surface area contributed by atoms with Crippen LogP contribution >= 0.6 is 0 Å². The second-order valence-electron chi connectivity index (χ2n) is 5.43. The van der Waals surface area contributed by atoms with Crippen molar-refractivity contribution >= 4 is 5.84 Å². The number of hydrogen-bond donors (Lipinski definition) is 2. The van der Waals surface area contributed by atoms with Crippen molar-refractivity contribution in [1.29, 1.82) is 5.41 Å². The molecule has 0 aromatic heterocycles. The third-order valence-corrected chi connectivity index (χ3v) is 3.56. The summed E-state index contributed by atoms with van der Waals surface area (Å²) in [4.78, 5) is 2.39. The number of amidine groups is 1. The van der Waals surface area contributed by atoms with E-state index in [4.69, 9.17) is 11.1 Å². The smallest absolute Gasteiger partial charge is 0.108 e. The second-order valence-corrected chi connectivity index (χ2v) is 5.43. The number of rotatable bonds is 3. The van der Waals surface area contributed by atoms with Gasteiger partial charge in [0.1, 0.15) is 5.84 Å². The summed E-state index contributed by atoms with van der Waals surface area (Å²) in [5, 5.41) is 7.59. The number of likely N-dealkylation sites (tertiary alicyclic amines) is 1. The molecule has 0 saturated carbocycles. The molecule has 15 heavy (non-hydrogen) atoms. The van der Waals surface area contributed by atoms with Gasteiger partial charge >= 0.3 is 0 Å². The van der Waals surface area contributed by atoms with Gasteiger partial charge in [0.25, 0.3) is 0 Å². The van der Waals surface area contributed by atoms with Crippen molar-refractivity contribution in [1.82, 2.24) is 4.90 Å². The maximum Gasteiger partial charge on any atom is 0.108 e. The van der Waals surface area contributed by atoms with Gasteiger partial charge in [0, 0.05) is 0 Å². The number of nitrogens with zero attached hydrogens (tertiary/aromatic N) is 1. The number of hydrogen-bond acceptors (Lipinski definition) is 2. The molecule has 3 nitrogen and oxygen atoms in total. The lowest BCUT2D eigenvalue weighted by Crippen LogP contribution is -2.44. The minimum atomic E-state index is 0.166. The van der Waals surface area contributed by atoms with E-state index in [2.05, 4.69) is 25.7 Å². The minimum Gasteiger partial charge on any atom is -0.386 e. The molecule has 88 valence electrons. The fourth-order valence-corrected chi connectivity index (χ4v) is 2.43. The molecule has 0 aliphatic carbocycles. The second kappa shape index (κ2) is 4.97. The van der Waals surface area contributed by atoms with Crippen molar-refractivity contribution in [3.8, 4) is 0 Å². The van der Waals surface area contributed by atoms with E-state index in [-0.39, 0.29) is 6.04 Å². The van der Waals surface area contributed by atoms with Gasteiger partial charge in [0.05, 0.1) is 6.04 Å². The summed E-state index contributed by atoms with van der Waals surface area (Å²) in [6.45, 7) is 8.98. The lowest BCUT2D eigenvalue weighted by atomic mass is 9.85. The van der Waals surface area contributed by atoms with Crippen LogP contribution in [-0.4, -0.2) is 29.9 Å². The van der Waals surface area contributed by atoms with E-state index in [0.29, 0.717) is 11.3 Å². The third kappa shape index (κ3) is 3.49. The molecule has 3 N–H and O–H groups in total. The molecule has 1 atom stereocenters. The highest BCUT2D eigenvalue weighted by molar-refractivity contribution is 5.82. The van der Waals surface area contributed by atoms with E-state index in [1.165, 1.54) is 19.3 Å². The van der Waals surface area contributed by atoms with Crippen LogP contribution in [0.3, 0.4) is 0 Å². The molecule has 1 aliphatic heterocycles. The van der Waals surface area contributed by atoms with Crippen LogP contribution in [0.2, 0.25) is 0 Å². The first-order chi connectivity index (χ1) is 6.96. The van der Waals surface area contributed by atoms with E-state index in [9.17, 15) is 0 Å². The fourth-order valence-electron chi connectivity index (χ4n) is 2.43. The van der Waals surface area contributed by atoms with Crippen molar-refractivity contribution < 1.29 is 0 Å².